The minimum atomic E-state index is -1.36. The van der Waals surface area contributed by atoms with Gasteiger partial charge in [-0.25, -0.2) is 0 Å². The zero-order valence-electron chi connectivity index (χ0n) is 8.23. The monoisotopic (exact) mass is 242 g/mol. The van der Waals surface area contributed by atoms with Crippen LogP contribution in [-0.2, 0) is 9.59 Å². The van der Waals surface area contributed by atoms with Crippen LogP contribution >= 0.6 is 11.6 Å². The van der Waals surface area contributed by atoms with E-state index in [1.165, 1.54) is 0 Å². The molecule has 0 aliphatic carbocycles. The lowest BCUT2D eigenvalue weighted by Gasteiger charge is -2.08. The van der Waals surface area contributed by atoms with E-state index >= 15 is 0 Å². The molecule has 0 bridgehead atoms. The van der Waals surface area contributed by atoms with Crippen molar-refractivity contribution >= 4 is 23.5 Å². The molecular formula is C10H9ClNO4-. The Bertz CT molecular complexity index is 394. The summed E-state index contributed by atoms with van der Waals surface area (Å²) in [5, 5.41) is 12.5. The lowest BCUT2D eigenvalue weighted by Crippen LogP contribution is -2.39. The van der Waals surface area contributed by atoms with Crippen LogP contribution in [0.2, 0.25) is 5.02 Å². The summed E-state index contributed by atoms with van der Waals surface area (Å²) in [6, 6.07) is 6.66. The zero-order valence-corrected chi connectivity index (χ0v) is 8.99. The van der Waals surface area contributed by atoms with Crippen LogP contribution in [0, 0.1) is 0 Å². The number of aliphatic carboxylic acids is 1. The molecule has 1 aromatic carbocycles. The lowest BCUT2D eigenvalue weighted by molar-refractivity contribution is -0.304. The SMILES string of the molecule is O=C([O-])CNC(=O)COc1ccccc1Cl. The highest BCUT2D eigenvalue weighted by Gasteiger charge is 2.04. The minimum Gasteiger partial charge on any atom is -0.548 e. The number of carboxylic acids is 1. The van der Waals surface area contributed by atoms with E-state index in [1.807, 2.05) is 0 Å². The summed E-state index contributed by atoms with van der Waals surface area (Å²) in [7, 11) is 0. The van der Waals surface area contributed by atoms with Gasteiger partial charge in [-0.2, -0.15) is 0 Å². The van der Waals surface area contributed by atoms with E-state index in [1.54, 1.807) is 24.3 Å². The molecule has 1 aromatic rings. The van der Waals surface area contributed by atoms with E-state index < -0.39 is 18.4 Å². The number of carboxylic acid groups (broad SMARTS) is 1. The molecule has 1 amide bonds. The summed E-state index contributed by atoms with van der Waals surface area (Å²) >= 11 is 5.77. The molecule has 0 unspecified atom stereocenters. The highest BCUT2D eigenvalue weighted by molar-refractivity contribution is 6.32. The fourth-order valence-corrected chi connectivity index (χ4v) is 1.12. The Balaban J connectivity index is 2.37. The van der Waals surface area contributed by atoms with Gasteiger partial charge in [-0.3, -0.25) is 4.79 Å². The Kier molecular flexibility index (Phi) is 4.60. The van der Waals surface area contributed by atoms with Crippen molar-refractivity contribution in [2.45, 2.75) is 0 Å². The molecule has 0 aromatic heterocycles. The van der Waals surface area contributed by atoms with Crippen LogP contribution in [0.15, 0.2) is 24.3 Å². The highest BCUT2D eigenvalue weighted by atomic mass is 35.5. The number of nitrogens with one attached hydrogen (secondary N) is 1. The molecular weight excluding hydrogens is 234 g/mol. The zero-order chi connectivity index (χ0) is 12.0. The highest BCUT2D eigenvalue weighted by Crippen LogP contribution is 2.22. The number of carbonyl (C=O) groups excluding carboxylic acids is 2. The lowest BCUT2D eigenvalue weighted by atomic mass is 10.3. The third-order valence-corrected chi connectivity index (χ3v) is 1.94. The van der Waals surface area contributed by atoms with Gasteiger partial charge < -0.3 is 20.0 Å². The molecule has 1 rings (SSSR count). The maximum Gasteiger partial charge on any atom is 0.258 e. The molecule has 0 fully saturated rings. The van der Waals surface area contributed by atoms with Crippen LogP contribution in [0.5, 0.6) is 5.75 Å². The smallest absolute Gasteiger partial charge is 0.258 e. The summed E-state index contributed by atoms with van der Waals surface area (Å²) < 4.78 is 5.07. The van der Waals surface area contributed by atoms with Crippen LogP contribution in [0.25, 0.3) is 0 Å². The number of hydrogen-bond donors (Lipinski definition) is 1. The Morgan fingerprint density at radius 1 is 1.38 bits per heavy atom. The van der Waals surface area contributed by atoms with E-state index in [2.05, 4.69) is 5.32 Å². The third-order valence-electron chi connectivity index (χ3n) is 1.63. The van der Waals surface area contributed by atoms with Crippen molar-refractivity contribution in [1.29, 1.82) is 0 Å². The first-order valence-corrected chi connectivity index (χ1v) is 4.81. The Morgan fingerprint density at radius 3 is 2.69 bits per heavy atom. The number of amides is 1. The Hall–Kier alpha value is -1.75. The molecule has 6 heteroatoms. The van der Waals surface area contributed by atoms with Gasteiger partial charge in [0, 0.05) is 0 Å². The summed E-state index contributed by atoms with van der Waals surface area (Å²) in [5.74, 6) is -1.54. The Morgan fingerprint density at radius 2 is 2.06 bits per heavy atom. The maximum atomic E-state index is 11.1. The average molecular weight is 243 g/mol. The molecule has 86 valence electrons. The van der Waals surface area contributed by atoms with Crippen LogP contribution in [0.3, 0.4) is 0 Å². The number of carbonyl (C=O) groups is 2. The molecule has 0 atom stereocenters. The van der Waals surface area contributed by atoms with Crippen LogP contribution in [0.4, 0.5) is 0 Å². The molecule has 5 nitrogen and oxygen atoms in total. The number of ether oxygens (including phenoxy) is 1. The molecule has 0 spiro atoms. The summed E-state index contributed by atoms with van der Waals surface area (Å²) in [6.07, 6.45) is 0. The van der Waals surface area contributed by atoms with Gasteiger partial charge in [0.25, 0.3) is 5.91 Å². The molecule has 0 radical (unpaired) electrons. The molecule has 0 saturated heterocycles. The summed E-state index contributed by atoms with van der Waals surface area (Å²) in [4.78, 5) is 21.1. The normalized spacial score (nSPS) is 9.56. The second-order valence-electron chi connectivity index (χ2n) is 2.87. The standard InChI is InChI=1S/C10H10ClNO4/c11-7-3-1-2-4-8(7)16-6-9(13)12-5-10(14)15/h1-4H,5-6H2,(H,12,13)(H,14,15)/p-1. The van der Waals surface area contributed by atoms with Crippen LogP contribution in [0.1, 0.15) is 0 Å². The molecule has 0 saturated carbocycles. The first-order valence-electron chi connectivity index (χ1n) is 4.43. The maximum absolute atomic E-state index is 11.1. The predicted octanol–water partition coefficient (Wildman–Crippen LogP) is -0.415. The first-order chi connectivity index (χ1) is 7.59. The van der Waals surface area contributed by atoms with Crippen molar-refractivity contribution < 1.29 is 19.4 Å². The topological polar surface area (TPSA) is 78.5 Å². The number of hydrogen-bond acceptors (Lipinski definition) is 4. The number of para-hydroxylation sites is 1. The van der Waals surface area contributed by atoms with Gasteiger partial charge in [-0.15, -0.1) is 0 Å². The van der Waals surface area contributed by atoms with E-state index in [0.29, 0.717) is 10.8 Å². The van der Waals surface area contributed by atoms with Gasteiger partial charge in [0.1, 0.15) is 5.75 Å². The summed E-state index contributed by atoms with van der Waals surface area (Å²) in [5.41, 5.74) is 0. The van der Waals surface area contributed by atoms with E-state index in [0.717, 1.165) is 0 Å². The second-order valence-corrected chi connectivity index (χ2v) is 3.28. The van der Waals surface area contributed by atoms with Gasteiger partial charge in [0.05, 0.1) is 17.5 Å². The largest absolute Gasteiger partial charge is 0.548 e. The van der Waals surface area contributed by atoms with Crippen molar-refractivity contribution in [1.82, 2.24) is 5.32 Å². The van der Waals surface area contributed by atoms with Crippen molar-refractivity contribution in [2.75, 3.05) is 13.2 Å². The minimum absolute atomic E-state index is 0.295. The van der Waals surface area contributed by atoms with E-state index in [9.17, 15) is 14.7 Å². The quantitative estimate of drug-likeness (QED) is 0.761. The fraction of sp³-hybridized carbons (Fsp3) is 0.200. The van der Waals surface area contributed by atoms with E-state index in [4.69, 9.17) is 16.3 Å². The van der Waals surface area contributed by atoms with Crippen molar-refractivity contribution in [2.24, 2.45) is 0 Å². The number of benzene rings is 1. The number of halogens is 1. The molecule has 16 heavy (non-hydrogen) atoms. The van der Waals surface area contributed by atoms with Gasteiger partial charge in [0.2, 0.25) is 0 Å². The van der Waals surface area contributed by atoms with Gasteiger partial charge in [0.15, 0.2) is 6.61 Å². The molecule has 0 aliphatic heterocycles. The van der Waals surface area contributed by atoms with Crippen molar-refractivity contribution in [3.05, 3.63) is 29.3 Å². The van der Waals surface area contributed by atoms with E-state index in [-0.39, 0.29) is 6.61 Å². The summed E-state index contributed by atoms with van der Waals surface area (Å²) in [6.45, 7) is -0.832. The molecule has 1 N–H and O–H groups in total. The predicted molar refractivity (Wildman–Crippen MR) is 55.0 cm³/mol. The van der Waals surface area contributed by atoms with Gasteiger partial charge in [-0.1, -0.05) is 23.7 Å². The van der Waals surface area contributed by atoms with Crippen molar-refractivity contribution in [3.63, 3.8) is 0 Å². The fourth-order valence-electron chi connectivity index (χ4n) is 0.927. The first kappa shape index (κ1) is 12.3. The van der Waals surface area contributed by atoms with Crippen LogP contribution in [-0.4, -0.2) is 25.0 Å². The number of rotatable bonds is 5. The van der Waals surface area contributed by atoms with Crippen LogP contribution < -0.4 is 15.2 Å². The van der Waals surface area contributed by atoms with Gasteiger partial charge >= 0.3 is 0 Å². The molecule has 0 aliphatic rings. The Labute approximate surface area is 97.0 Å². The average Bonchev–Trinajstić information content (AvgIpc) is 2.25. The molecule has 0 heterocycles. The van der Waals surface area contributed by atoms with Crippen molar-refractivity contribution in [3.8, 4) is 5.75 Å². The van der Waals surface area contributed by atoms with Gasteiger partial charge in [-0.05, 0) is 12.1 Å². The second kappa shape index (κ2) is 5.97. The third kappa shape index (κ3) is 4.18.